The van der Waals surface area contributed by atoms with Gasteiger partial charge in [0.05, 0.1) is 43.9 Å². The summed E-state index contributed by atoms with van der Waals surface area (Å²) in [6, 6.07) is 15.2. The highest BCUT2D eigenvalue weighted by atomic mass is 32.1. The van der Waals surface area contributed by atoms with Crippen molar-refractivity contribution in [3.8, 4) is 16.3 Å². The zero-order valence-corrected chi connectivity index (χ0v) is 19.4. The van der Waals surface area contributed by atoms with Crippen molar-refractivity contribution in [3.05, 3.63) is 65.2 Å². The van der Waals surface area contributed by atoms with Crippen molar-refractivity contribution < 1.29 is 19.1 Å². The summed E-state index contributed by atoms with van der Waals surface area (Å²) in [5.74, 6) is 0.750. The summed E-state index contributed by atoms with van der Waals surface area (Å²) in [5.41, 5.74) is 3.26. The highest BCUT2D eigenvalue weighted by molar-refractivity contribution is 7.13. The monoisotopic (exact) mass is 465 g/mol. The number of benzene rings is 2. The lowest BCUT2D eigenvalue weighted by Crippen LogP contribution is -2.41. The minimum Gasteiger partial charge on any atom is -0.493 e. The average molecular weight is 466 g/mol. The summed E-state index contributed by atoms with van der Waals surface area (Å²) in [7, 11) is 0. The van der Waals surface area contributed by atoms with E-state index in [1.807, 2.05) is 65.7 Å². The predicted molar refractivity (Wildman–Crippen MR) is 129 cm³/mol. The highest BCUT2D eigenvalue weighted by Crippen LogP contribution is 2.32. The van der Waals surface area contributed by atoms with E-state index >= 15 is 0 Å². The van der Waals surface area contributed by atoms with Crippen molar-refractivity contribution in [2.75, 3.05) is 38.2 Å². The molecule has 2 heterocycles. The lowest BCUT2D eigenvalue weighted by atomic mass is 10.1. The Hall–Kier alpha value is -3.23. The smallest absolute Gasteiger partial charge is 0.230 e. The van der Waals surface area contributed by atoms with Crippen molar-refractivity contribution in [3.63, 3.8) is 0 Å². The van der Waals surface area contributed by atoms with Crippen LogP contribution >= 0.6 is 11.3 Å². The van der Waals surface area contributed by atoms with Gasteiger partial charge in [-0.15, -0.1) is 11.3 Å². The molecule has 1 aliphatic rings. The van der Waals surface area contributed by atoms with Crippen molar-refractivity contribution in [1.82, 2.24) is 9.88 Å². The lowest BCUT2D eigenvalue weighted by Gasteiger charge is -2.26. The number of carbonyl (C=O) groups excluding carboxylic acids is 2. The van der Waals surface area contributed by atoms with Crippen LogP contribution in [0.4, 0.5) is 5.69 Å². The molecule has 8 heteroatoms. The van der Waals surface area contributed by atoms with E-state index in [0.717, 1.165) is 21.9 Å². The van der Waals surface area contributed by atoms with E-state index in [0.29, 0.717) is 50.7 Å². The highest BCUT2D eigenvalue weighted by Gasteiger charge is 2.17. The second kappa shape index (κ2) is 11.1. The first-order chi connectivity index (χ1) is 16.1. The first-order valence-electron chi connectivity index (χ1n) is 11.0. The molecule has 1 N–H and O–H groups in total. The molecule has 1 aliphatic heterocycles. The van der Waals surface area contributed by atoms with Crippen molar-refractivity contribution >= 4 is 28.8 Å². The van der Waals surface area contributed by atoms with E-state index in [-0.39, 0.29) is 18.2 Å². The molecule has 1 saturated heterocycles. The van der Waals surface area contributed by atoms with Crippen LogP contribution in [-0.4, -0.2) is 54.6 Å². The molecule has 0 saturated carbocycles. The van der Waals surface area contributed by atoms with E-state index in [2.05, 4.69) is 10.3 Å². The van der Waals surface area contributed by atoms with Crippen LogP contribution in [0.1, 0.15) is 18.2 Å². The molecule has 7 nitrogen and oxygen atoms in total. The number of para-hydroxylation sites is 1. The zero-order chi connectivity index (χ0) is 23.0. The number of rotatable bonds is 8. The fourth-order valence-corrected chi connectivity index (χ4v) is 4.46. The maximum atomic E-state index is 12.5. The molecule has 2 amide bonds. The van der Waals surface area contributed by atoms with Gasteiger partial charge in [0.15, 0.2) is 0 Å². The molecule has 33 heavy (non-hydrogen) atoms. The summed E-state index contributed by atoms with van der Waals surface area (Å²) < 4.78 is 11.0. The molecule has 0 atom stereocenters. The van der Waals surface area contributed by atoms with E-state index in [1.54, 1.807) is 0 Å². The van der Waals surface area contributed by atoms with Gasteiger partial charge in [0.25, 0.3) is 0 Å². The number of ether oxygens (including phenoxy) is 2. The molecule has 0 unspecified atom stereocenters. The van der Waals surface area contributed by atoms with Gasteiger partial charge in [-0.3, -0.25) is 9.59 Å². The maximum absolute atomic E-state index is 12.5. The molecule has 3 aromatic rings. The Bertz CT molecular complexity index is 1090. The van der Waals surface area contributed by atoms with Gasteiger partial charge < -0.3 is 19.7 Å². The minimum absolute atomic E-state index is 0.0975. The second-order valence-corrected chi connectivity index (χ2v) is 8.52. The Labute approximate surface area is 197 Å². The number of nitrogens with zero attached hydrogens (tertiary/aromatic N) is 2. The van der Waals surface area contributed by atoms with Crippen molar-refractivity contribution in [1.29, 1.82) is 0 Å². The number of thiazole rings is 1. The molecule has 0 aliphatic carbocycles. The number of hydrogen-bond acceptors (Lipinski definition) is 6. The van der Waals surface area contributed by atoms with Gasteiger partial charge in [-0.1, -0.05) is 24.3 Å². The van der Waals surface area contributed by atoms with Gasteiger partial charge in [-0.25, -0.2) is 4.98 Å². The van der Waals surface area contributed by atoms with Crippen LogP contribution in [0.5, 0.6) is 5.75 Å². The van der Waals surface area contributed by atoms with E-state index in [1.165, 1.54) is 11.3 Å². The molecular weight excluding hydrogens is 438 g/mol. The van der Waals surface area contributed by atoms with Gasteiger partial charge in [0, 0.05) is 24.2 Å². The molecule has 0 radical (unpaired) electrons. The third-order valence-electron chi connectivity index (χ3n) is 5.27. The Morgan fingerprint density at radius 2 is 1.85 bits per heavy atom. The van der Waals surface area contributed by atoms with Crippen LogP contribution in [0, 0.1) is 0 Å². The second-order valence-electron chi connectivity index (χ2n) is 7.66. The maximum Gasteiger partial charge on any atom is 0.230 e. The quantitative estimate of drug-likeness (QED) is 0.548. The van der Waals surface area contributed by atoms with Crippen LogP contribution in [0.15, 0.2) is 53.9 Å². The predicted octanol–water partition coefficient (Wildman–Crippen LogP) is 3.79. The summed E-state index contributed by atoms with van der Waals surface area (Å²) in [5, 5.41) is 5.63. The molecule has 1 fully saturated rings. The zero-order valence-electron chi connectivity index (χ0n) is 18.6. The van der Waals surface area contributed by atoms with Gasteiger partial charge >= 0.3 is 0 Å². The number of carbonyl (C=O) groups is 2. The number of nitrogens with one attached hydrogen (secondary N) is 1. The molecular formula is C25H27N3O4S. The summed E-state index contributed by atoms with van der Waals surface area (Å²) in [6.45, 7) is 5.00. The topological polar surface area (TPSA) is 80.8 Å². The summed E-state index contributed by atoms with van der Waals surface area (Å²) in [6.07, 6.45) is 0.531. The fraction of sp³-hybridized carbons (Fsp3) is 0.320. The van der Waals surface area contributed by atoms with Crippen LogP contribution < -0.4 is 10.1 Å². The van der Waals surface area contributed by atoms with Crippen molar-refractivity contribution in [2.45, 2.75) is 19.8 Å². The molecule has 4 rings (SSSR count). The average Bonchev–Trinajstić information content (AvgIpc) is 3.29. The van der Waals surface area contributed by atoms with Crippen LogP contribution in [-0.2, 0) is 27.2 Å². The minimum atomic E-state index is -0.137. The standard InChI is InChI=1S/C25H27N3O4S/c1-2-32-22-6-4-3-5-21(22)25-27-20(17-33-25)16-23(29)26-19-9-7-18(8-10-19)15-24(30)28-11-13-31-14-12-28/h3-10,17H,2,11-16H2,1H3,(H,26,29). The fourth-order valence-electron chi connectivity index (χ4n) is 3.61. The summed E-state index contributed by atoms with van der Waals surface area (Å²) >= 11 is 1.50. The number of aromatic nitrogens is 1. The lowest BCUT2D eigenvalue weighted by molar-refractivity contribution is -0.134. The molecule has 0 bridgehead atoms. The van der Waals surface area contributed by atoms with Gasteiger partial charge in [-0.2, -0.15) is 0 Å². The molecule has 172 valence electrons. The van der Waals surface area contributed by atoms with Crippen molar-refractivity contribution in [2.24, 2.45) is 0 Å². The third-order valence-corrected chi connectivity index (χ3v) is 6.19. The van der Waals surface area contributed by atoms with Crippen LogP contribution in [0.25, 0.3) is 10.6 Å². The molecule has 1 aromatic heterocycles. The molecule has 2 aromatic carbocycles. The Kier molecular flexibility index (Phi) is 7.70. The Balaban J connectivity index is 1.32. The van der Waals surface area contributed by atoms with Gasteiger partial charge in [0.1, 0.15) is 10.8 Å². The summed E-state index contributed by atoms with van der Waals surface area (Å²) in [4.78, 5) is 31.4. The van der Waals surface area contributed by atoms with E-state index in [4.69, 9.17) is 9.47 Å². The van der Waals surface area contributed by atoms with Crippen LogP contribution in [0.2, 0.25) is 0 Å². The van der Waals surface area contributed by atoms with Gasteiger partial charge in [0.2, 0.25) is 11.8 Å². The number of anilines is 1. The number of hydrogen-bond donors (Lipinski definition) is 1. The van der Waals surface area contributed by atoms with E-state index in [9.17, 15) is 9.59 Å². The first-order valence-corrected chi connectivity index (χ1v) is 11.9. The Morgan fingerprint density at radius 3 is 2.61 bits per heavy atom. The normalized spacial score (nSPS) is 13.5. The Morgan fingerprint density at radius 1 is 1.09 bits per heavy atom. The third kappa shape index (κ3) is 6.18. The molecule has 0 spiro atoms. The SMILES string of the molecule is CCOc1ccccc1-c1nc(CC(=O)Nc2ccc(CC(=O)N3CCOCC3)cc2)cs1. The number of amides is 2. The first kappa shape index (κ1) is 22.9. The van der Waals surface area contributed by atoms with Gasteiger partial charge in [-0.05, 0) is 36.8 Å². The number of morpholine rings is 1. The van der Waals surface area contributed by atoms with Crippen LogP contribution in [0.3, 0.4) is 0 Å². The largest absolute Gasteiger partial charge is 0.493 e. The van der Waals surface area contributed by atoms with E-state index < -0.39 is 0 Å².